The van der Waals surface area contributed by atoms with E-state index in [-0.39, 0.29) is 11.9 Å². The zero-order valence-electron chi connectivity index (χ0n) is 10.2. The zero-order chi connectivity index (χ0) is 13.0. The van der Waals surface area contributed by atoms with Crippen molar-refractivity contribution >= 4 is 5.91 Å². The molecule has 0 radical (unpaired) electrons. The third kappa shape index (κ3) is 2.95. The predicted molar refractivity (Wildman–Crippen MR) is 69.1 cm³/mol. The van der Waals surface area contributed by atoms with E-state index in [1.54, 1.807) is 11.6 Å². The van der Waals surface area contributed by atoms with Gasteiger partial charge in [-0.25, -0.2) is 4.68 Å². The smallest absolute Gasteiger partial charge is 0.234 e. The van der Waals surface area contributed by atoms with Gasteiger partial charge in [-0.15, -0.1) is 0 Å². The fourth-order valence-corrected chi connectivity index (χ4v) is 1.54. The number of rotatable bonds is 5. The van der Waals surface area contributed by atoms with E-state index in [2.05, 4.69) is 10.4 Å². The second-order valence-electron chi connectivity index (χ2n) is 4.09. The molecule has 0 bridgehead atoms. The number of benzene rings is 1. The summed E-state index contributed by atoms with van der Waals surface area (Å²) in [4.78, 5) is 10.9. The maximum Gasteiger partial charge on any atom is 0.234 e. The number of carbonyl (C=O) groups is 1. The fraction of sp³-hybridized carbons (Fsp3) is 0.231. The minimum absolute atomic E-state index is 0.355. The molecule has 1 aromatic heterocycles. The molecule has 0 aliphatic heterocycles. The normalized spacial score (nSPS) is 12.3. The SMILES string of the molecule is CC(NCc1ccn(-c2ccccc2)n1)C(N)=O. The van der Waals surface area contributed by atoms with Crippen LogP contribution in [-0.2, 0) is 11.3 Å². The molecular formula is C13H16N4O. The van der Waals surface area contributed by atoms with Gasteiger partial charge in [0.05, 0.1) is 17.4 Å². The number of aromatic nitrogens is 2. The molecule has 0 spiro atoms. The van der Waals surface area contributed by atoms with E-state index in [0.29, 0.717) is 6.54 Å². The molecule has 0 aliphatic carbocycles. The first-order valence-electron chi connectivity index (χ1n) is 5.79. The van der Waals surface area contributed by atoms with Gasteiger partial charge in [-0.3, -0.25) is 4.79 Å². The van der Waals surface area contributed by atoms with E-state index >= 15 is 0 Å². The van der Waals surface area contributed by atoms with Crippen LogP contribution in [0.25, 0.3) is 5.69 Å². The summed E-state index contributed by atoms with van der Waals surface area (Å²) in [6.07, 6.45) is 1.89. The Kier molecular flexibility index (Phi) is 3.74. The average Bonchev–Trinajstić information content (AvgIpc) is 2.85. The maximum atomic E-state index is 10.9. The first-order chi connectivity index (χ1) is 8.66. The van der Waals surface area contributed by atoms with Crippen LogP contribution >= 0.6 is 0 Å². The van der Waals surface area contributed by atoms with Crippen molar-refractivity contribution in [3.05, 3.63) is 48.3 Å². The van der Waals surface area contributed by atoms with Crippen molar-refractivity contribution in [1.82, 2.24) is 15.1 Å². The van der Waals surface area contributed by atoms with Gasteiger partial charge in [0.2, 0.25) is 5.91 Å². The lowest BCUT2D eigenvalue weighted by atomic mass is 10.3. The molecule has 2 aromatic rings. The summed E-state index contributed by atoms with van der Waals surface area (Å²) < 4.78 is 1.80. The highest BCUT2D eigenvalue weighted by Gasteiger charge is 2.08. The molecule has 18 heavy (non-hydrogen) atoms. The molecule has 0 saturated carbocycles. The van der Waals surface area contributed by atoms with Gasteiger partial charge in [-0.2, -0.15) is 5.10 Å². The quantitative estimate of drug-likeness (QED) is 0.818. The van der Waals surface area contributed by atoms with Crippen LogP contribution in [0.5, 0.6) is 0 Å². The van der Waals surface area contributed by atoms with Crippen molar-refractivity contribution in [2.45, 2.75) is 19.5 Å². The number of primary amides is 1. The predicted octanol–water partition coefficient (Wildman–Crippen LogP) is 0.836. The number of para-hydroxylation sites is 1. The lowest BCUT2D eigenvalue weighted by molar-refractivity contribution is -0.119. The number of amides is 1. The van der Waals surface area contributed by atoms with Crippen LogP contribution in [0.15, 0.2) is 42.6 Å². The molecule has 1 amide bonds. The van der Waals surface area contributed by atoms with Crippen molar-refractivity contribution in [3.63, 3.8) is 0 Å². The highest BCUT2D eigenvalue weighted by atomic mass is 16.1. The van der Waals surface area contributed by atoms with Gasteiger partial charge >= 0.3 is 0 Å². The van der Waals surface area contributed by atoms with E-state index in [1.165, 1.54) is 0 Å². The number of nitrogens with zero attached hydrogens (tertiary/aromatic N) is 2. The first kappa shape index (κ1) is 12.3. The summed E-state index contributed by atoms with van der Waals surface area (Å²) in [5.74, 6) is -0.363. The van der Waals surface area contributed by atoms with Crippen LogP contribution in [0.2, 0.25) is 0 Å². The van der Waals surface area contributed by atoms with Gasteiger partial charge < -0.3 is 11.1 Å². The number of hydrogen-bond donors (Lipinski definition) is 2. The van der Waals surface area contributed by atoms with Crippen molar-refractivity contribution in [2.75, 3.05) is 0 Å². The van der Waals surface area contributed by atoms with Crippen LogP contribution in [0, 0.1) is 0 Å². The summed E-state index contributed by atoms with van der Waals surface area (Å²) in [6, 6.07) is 11.4. The second kappa shape index (κ2) is 5.46. The Hall–Kier alpha value is -2.14. The zero-order valence-corrected chi connectivity index (χ0v) is 10.2. The third-order valence-corrected chi connectivity index (χ3v) is 2.68. The molecule has 0 fully saturated rings. The number of carbonyl (C=O) groups excluding carboxylic acids is 1. The Balaban J connectivity index is 2.01. The monoisotopic (exact) mass is 244 g/mol. The summed E-state index contributed by atoms with van der Waals surface area (Å²) >= 11 is 0. The van der Waals surface area contributed by atoms with Crippen molar-refractivity contribution in [2.24, 2.45) is 5.73 Å². The van der Waals surface area contributed by atoms with E-state index < -0.39 is 0 Å². The molecule has 0 aliphatic rings. The standard InChI is InChI=1S/C13H16N4O/c1-10(13(14)18)15-9-11-7-8-17(16-11)12-5-3-2-4-6-12/h2-8,10,15H,9H2,1H3,(H2,14,18). The summed E-state index contributed by atoms with van der Waals surface area (Å²) in [7, 11) is 0. The van der Waals surface area contributed by atoms with Gasteiger partial charge in [0.1, 0.15) is 0 Å². The molecule has 1 atom stereocenters. The Morgan fingerprint density at radius 3 is 2.78 bits per heavy atom. The molecule has 1 aromatic carbocycles. The van der Waals surface area contributed by atoms with Crippen LogP contribution in [0.3, 0.4) is 0 Å². The van der Waals surface area contributed by atoms with E-state index in [9.17, 15) is 4.79 Å². The van der Waals surface area contributed by atoms with Crippen LogP contribution in [-0.4, -0.2) is 21.7 Å². The molecule has 5 heteroatoms. The van der Waals surface area contributed by atoms with E-state index in [0.717, 1.165) is 11.4 Å². The highest BCUT2D eigenvalue weighted by Crippen LogP contribution is 2.06. The van der Waals surface area contributed by atoms with Crippen LogP contribution < -0.4 is 11.1 Å². The molecule has 1 unspecified atom stereocenters. The summed E-state index contributed by atoms with van der Waals surface area (Å²) in [5.41, 5.74) is 7.04. The van der Waals surface area contributed by atoms with E-state index in [1.807, 2.05) is 42.6 Å². The third-order valence-electron chi connectivity index (χ3n) is 2.68. The summed E-state index contributed by atoms with van der Waals surface area (Å²) in [6.45, 7) is 2.25. The Morgan fingerprint density at radius 2 is 2.11 bits per heavy atom. The second-order valence-corrected chi connectivity index (χ2v) is 4.09. The fourth-order valence-electron chi connectivity index (χ4n) is 1.54. The van der Waals surface area contributed by atoms with E-state index in [4.69, 9.17) is 5.73 Å². The highest BCUT2D eigenvalue weighted by molar-refractivity contribution is 5.79. The molecule has 0 saturated heterocycles. The molecule has 1 heterocycles. The van der Waals surface area contributed by atoms with Crippen LogP contribution in [0.1, 0.15) is 12.6 Å². The summed E-state index contributed by atoms with van der Waals surface area (Å²) in [5, 5.41) is 7.43. The first-order valence-corrected chi connectivity index (χ1v) is 5.79. The number of hydrogen-bond acceptors (Lipinski definition) is 3. The Morgan fingerprint density at radius 1 is 1.39 bits per heavy atom. The van der Waals surface area contributed by atoms with Gasteiger partial charge in [0, 0.05) is 12.7 Å². The van der Waals surface area contributed by atoms with Crippen molar-refractivity contribution < 1.29 is 4.79 Å². The maximum absolute atomic E-state index is 10.9. The van der Waals surface area contributed by atoms with Crippen LogP contribution in [0.4, 0.5) is 0 Å². The minimum atomic E-state index is -0.363. The lowest BCUT2D eigenvalue weighted by Crippen LogP contribution is -2.38. The number of nitrogens with two attached hydrogens (primary N) is 1. The van der Waals surface area contributed by atoms with Gasteiger partial charge in [-0.05, 0) is 25.1 Å². The molecule has 94 valence electrons. The Bertz CT molecular complexity index is 521. The van der Waals surface area contributed by atoms with Gasteiger partial charge in [0.25, 0.3) is 0 Å². The molecule has 5 nitrogen and oxygen atoms in total. The molecule has 3 N–H and O–H groups in total. The van der Waals surface area contributed by atoms with Gasteiger partial charge in [-0.1, -0.05) is 18.2 Å². The average molecular weight is 244 g/mol. The molecular weight excluding hydrogens is 228 g/mol. The number of nitrogens with one attached hydrogen (secondary N) is 1. The van der Waals surface area contributed by atoms with Crippen molar-refractivity contribution in [3.8, 4) is 5.69 Å². The Labute approximate surface area is 106 Å². The van der Waals surface area contributed by atoms with Crippen molar-refractivity contribution in [1.29, 1.82) is 0 Å². The van der Waals surface area contributed by atoms with Gasteiger partial charge in [0.15, 0.2) is 0 Å². The minimum Gasteiger partial charge on any atom is -0.368 e. The topological polar surface area (TPSA) is 72.9 Å². The lowest BCUT2D eigenvalue weighted by Gasteiger charge is -2.07. The largest absolute Gasteiger partial charge is 0.368 e. The molecule has 2 rings (SSSR count).